The molecule has 8 nitrogen and oxygen atoms in total. The molecule has 0 fully saturated rings. The number of hydrogen-bond donors (Lipinski definition) is 1. The van der Waals surface area contributed by atoms with Crippen molar-refractivity contribution in [3.05, 3.63) is 0 Å². The Balaban J connectivity index is 4.63. The van der Waals surface area contributed by atoms with E-state index in [1.54, 1.807) is 0 Å². The highest BCUT2D eigenvalue weighted by molar-refractivity contribution is 7.63. The van der Waals surface area contributed by atoms with E-state index in [4.69, 9.17) is 14.0 Å². The molecule has 0 amide bonds. The first-order valence-electron chi connectivity index (χ1n) is 24.4. The van der Waals surface area contributed by atoms with Gasteiger partial charge in [0.05, 0.1) is 12.5 Å². The van der Waals surface area contributed by atoms with Crippen LogP contribution in [0.3, 0.4) is 0 Å². The molecular weight excluding hydrogens is 732 g/mol. The van der Waals surface area contributed by atoms with Gasteiger partial charge in [-0.1, -0.05) is 194 Å². The molecule has 1 N–H and O–H groups in total. The van der Waals surface area contributed by atoms with Crippen molar-refractivity contribution in [2.75, 3.05) is 19.4 Å². The molecule has 0 aliphatic heterocycles. The molecular formula is C48H94N2O6P+. The van der Waals surface area contributed by atoms with E-state index in [9.17, 15) is 19.7 Å². The zero-order valence-corrected chi connectivity index (χ0v) is 39.4. The largest absolute Gasteiger partial charge is 0.463 e. The Morgan fingerprint density at radius 1 is 0.526 bits per heavy atom. The number of rotatable bonds is 43. The highest BCUT2D eigenvalue weighted by atomic mass is 31.2. The minimum absolute atomic E-state index is 0.0389. The quantitative estimate of drug-likeness (QED) is 0.0368. The third kappa shape index (κ3) is 34.2. The highest BCUT2D eigenvalue weighted by Gasteiger charge is 2.50. The Bertz CT molecular complexity index is 902. The van der Waals surface area contributed by atoms with Gasteiger partial charge < -0.3 is 9.47 Å². The van der Waals surface area contributed by atoms with Crippen LogP contribution in [0, 0.1) is 11.3 Å². The van der Waals surface area contributed by atoms with E-state index in [0.29, 0.717) is 12.8 Å². The lowest BCUT2D eigenvalue weighted by atomic mass is 10.0. The summed E-state index contributed by atoms with van der Waals surface area (Å²) >= 11 is 0. The lowest BCUT2D eigenvalue weighted by molar-refractivity contribution is -0.151. The summed E-state index contributed by atoms with van der Waals surface area (Å²) in [6, 6.07) is 2.07. The number of carbonyl (C=O) groups is 2. The number of hydrogen-bond acceptors (Lipinski definition) is 8. The van der Waals surface area contributed by atoms with Gasteiger partial charge in [-0.3, -0.25) is 9.59 Å². The minimum atomic E-state index is -3.26. The first-order valence-corrected chi connectivity index (χ1v) is 26.2. The van der Waals surface area contributed by atoms with E-state index in [-0.39, 0.29) is 49.8 Å². The summed E-state index contributed by atoms with van der Waals surface area (Å²) in [6.45, 7) is 12.3. The van der Waals surface area contributed by atoms with Gasteiger partial charge in [-0.05, 0) is 40.5 Å². The molecule has 1 unspecified atom stereocenters. The third-order valence-corrected chi connectivity index (χ3v) is 14.2. The number of esters is 2. The van der Waals surface area contributed by atoms with Gasteiger partial charge in [0.1, 0.15) is 19.4 Å². The van der Waals surface area contributed by atoms with Crippen LogP contribution in [-0.2, 0) is 23.6 Å². The Hall–Kier alpha value is -1.26. The lowest BCUT2D eigenvalue weighted by Crippen LogP contribution is -2.41. The molecule has 0 aromatic heterocycles. The summed E-state index contributed by atoms with van der Waals surface area (Å²) in [6.07, 6.45) is 38.1. The number of ether oxygens (including phenoxy) is 2. The van der Waals surface area contributed by atoms with Crippen molar-refractivity contribution >= 4 is 19.8 Å². The topological polar surface area (TPSA) is 109 Å². The second kappa shape index (κ2) is 40.2. The number of nitriles is 1. The van der Waals surface area contributed by atoms with E-state index in [2.05, 4.69) is 19.9 Å². The fourth-order valence-corrected chi connectivity index (χ4v) is 10.8. The number of nitrogens with zero attached hydrogens (tertiary/aromatic N) is 2. The average molecular weight is 826 g/mol. The van der Waals surface area contributed by atoms with Gasteiger partial charge in [0.15, 0.2) is 6.10 Å². The highest BCUT2D eigenvalue weighted by Crippen LogP contribution is 2.62. The van der Waals surface area contributed by atoms with Crippen molar-refractivity contribution in [3.63, 3.8) is 0 Å². The summed E-state index contributed by atoms with van der Waals surface area (Å²) in [7, 11) is -3.26. The predicted molar refractivity (Wildman–Crippen MR) is 242 cm³/mol. The summed E-state index contributed by atoms with van der Waals surface area (Å²) in [5.41, 5.74) is 0. The summed E-state index contributed by atoms with van der Waals surface area (Å²) < 4.78 is 19.6. The van der Waals surface area contributed by atoms with Gasteiger partial charge >= 0.3 is 19.8 Å². The van der Waals surface area contributed by atoms with Gasteiger partial charge in [-0.2, -0.15) is 9.79 Å². The van der Waals surface area contributed by atoms with Crippen molar-refractivity contribution in [2.45, 2.75) is 272 Å². The molecule has 0 saturated heterocycles. The van der Waals surface area contributed by atoms with E-state index >= 15 is 0 Å². The summed E-state index contributed by atoms with van der Waals surface area (Å²) in [4.78, 5) is 37.5. The standard InChI is InChI=1S/C48H94N2O6P/c1-7-9-11-13-15-17-19-21-23-25-27-29-31-33-35-38-47(51)54-42-46(56-57(53,41-37-40-49)50(44(3)4)45(5)6)43-55-48(52)39-36-34-32-30-28-26-24-22-20-18-16-14-12-10-8-2/h44-46,53H,7-39,41-43H2,1-6H3/q+1. The van der Waals surface area contributed by atoms with E-state index in [0.717, 1.165) is 38.5 Å². The van der Waals surface area contributed by atoms with Gasteiger partial charge in [0.25, 0.3) is 0 Å². The molecule has 0 saturated carbocycles. The van der Waals surface area contributed by atoms with Crippen LogP contribution in [-0.4, -0.2) is 59.1 Å². The normalized spacial score (nSPS) is 12.8. The van der Waals surface area contributed by atoms with Crippen LogP contribution in [0.2, 0.25) is 0 Å². The molecule has 0 heterocycles. The first-order chi connectivity index (χ1) is 27.6. The molecule has 57 heavy (non-hydrogen) atoms. The van der Waals surface area contributed by atoms with Crippen molar-refractivity contribution in [3.8, 4) is 6.07 Å². The Kier molecular flexibility index (Phi) is 39.3. The van der Waals surface area contributed by atoms with E-state index in [1.807, 2.05) is 32.4 Å². The summed E-state index contributed by atoms with van der Waals surface area (Å²) in [5.74, 6) is -0.600. The first kappa shape index (κ1) is 55.7. The van der Waals surface area contributed by atoms with E-state index < -0.39 is 14.0 Å². The molecule has 0 aromatic rings. The van der Waals surface area contributed by atoms with Crippen LogP contribution < -0.4 is 0 Å². The second-order valence-electron chi connectivity index (χ2n) is 17.4. The Morgan fingerprint density at radius 3 is 1.07 bits per heavy atom. The van der Waals surface area contributed by atoms with Crippen LogP contribution in [0.5, 0.6) is 0 Å². The Labute approximate surface area is 354 Å². The molecule has 0 spiro atoms. The minimum Gasteiger partial charge on any atom is -0.463 e. The third-order valence-electron chi connectivity index (χ3n) is 11.1. The average Bonchev–Trinajstić information content (AvgIpc) is 3.17. The molecule has 1 atom stereocenters. The predicted octanol–water partition coefficient (Wildman–Crippen LogP) is 14.8. The van der Waals surface area contributed by atoms with Crippen LogP contribution in [0.15, 0.2) is 0 Å². The fourth-order valence-electron chi connectivity index (χ4n) is 7.88. The van der Waals surface area contributed by atoms with Crippen molar-refractivity contribution in [1.29, 1.82) is 5.26 Å². The Morgan fingerprint density at radius 2 is 0.807 bits per heavy atom. The van der Waals surface area contributed by atoms with Crippen LogP contribution >= 0.6 is 7.87 Å². The molecule has 0 bridgehead atoms. The second-order valence-corrected chi connectivity index (χ2v) is 19.8. The maximum atomic E-state index is 12.8. The fraction of sp³-hybridized carbons (Fsp3) is 0.938. The number of carbonyl (C=O) groups excluding carboxylic acids is 2. The van der Waals surface area contributed by atoms with E-state index in [1.165, 1.54) is 154 Å². The number of unbranched alkanes of at least 4 members (excludes halogenated alkanes) is 28. The van der Waals surface area contributed by atoms with Gasteiger partial charge in [0.2, 0.25) is 0 Å². The summed E-state index contributed by atoms with van der Waals surface area (Å²) in [5, 5.41) is 9.38. The van der Waals surface area contributed by atoms with Crippen molar-refractivity contribution in [1.82, 2.24) is 4.67 Å². The maximum absolute atomic E-state index is 12.8. The van der Waals surface area contributed by atoms with Crippen molar-refractivity contribution < 1.29 is 28.5 Å². The van der Waals surface area contributed by atoms with Crippen LogP contribution in [0.4, 0.5) is 0 Å². The van der Waals surface area contributed by atoms with Gasteiger partial charge in [-0.25, -0.2) is 4.89 Å². The molecule has 0 radical (unpaired) electrons. The maximum Gasteiger partial charge on any atom is 0.347 e. The molecule has 336 valence electrons. The molecule has 9 heteroatoms. The monoisotopic (exact) mass is 826 g/mol. The zero-order valence-electron chi connectivity index (χ0n) is 38.5. The smallest absolute Gasteiger partial charge is 0.347 e. The lowest BCUT2D eigenvalue weighted by Gasteiger charge is -2.36. The van der Waals surface area contributed by atoms with Crippen LogP contribution in [0.1, 0.15) is 253 Å². The van der Waals surface area contributed by atoms with Crippen LogP contribution in [0.25, 0.3) is 0 Å². The zero-order chi connectivity index (χ0) is 42.2. The van der Waals surface area contributed by atoms with Gasteiger partial charge in [-0.15, -0.1) is 4.67 Å². The van der Waals surface area contributed by atoms with Gasteiger partial charge in [0, 0.05) is 24.9 Å². The molecule has 0 rings (SSSR count). The molecule has 0 aromatic carbocycles. The molecule has 0 aliphatic rings. The van der Waals surface area contributed by atoms with Crippen molar-refractivity contribution in [2.24, 2.45) is 0 Å². The molecule has 0 aliphatic carbocycles. The SMILES string of the molecule is CCCCCCCCCCCCCCCCCC(=O)OCC(COC(=O)CCCCCCCCCCCCCCCCC)O[P+](O)(CCC#N)N(C(C)C)C(C)C.